The van der Waals surface area contributed by atoms with E-state index in [9.17, 15) is 4.39 Å². The highest BCUT2D eigenvalue weighted by molar-refractivity contribution is 5.39. The molecule has 1 atom stereocenters. The molecule has 0 aliphatic carbocycles. The fourth-order valence-electron chi connectivity index (χ4n) is 2.16. The molecule has 0 radical (unpaired) electrons. The Hall–Kier alpha value is -2.38. The van der Waals surface area contributed by atoms with Crippen LogP contribution in [0.3, 0.4) is 0 Å². The van der Waals surface area contributed by atoms with Gasteiger partial charge in [-0.05, 0) is 43.3 Å². The van der Waals surface area contributed by atoms with Gasteiger partial charge in [-0.25, -0.2) is 4.39 Å². The number of nitrogens with one attached hydrogen (secondary N) is 1. The van der Waals surface area contributed by atoms with Crippen LogP contribution in [0.4, 0.5) is 4.39 Å². The van der Waals surface area contributed by atoms with Crippen LogP contribution in [0.25, 0.3) is 0 Å². The molecule has 0 fully saturated rings. The minimum Gasteiger partial charge on any atom is -0.457 e. The Labute approximate surface area is 124 Å². The molecule has 1 N–H and O–H groups in total. The lowest BCUT2D eigenvalue weighted by molar-refractivity contribution is 0.475. The van der Waals surface area contributed by atoms with Gasteiger partial charge >= 0.3 is 0 Å². The molecule has 108 valence electrons. The van der Waals surface area contributed by atoms with Crippen LogP contribution in [0.5, 0.6) is 11.5 Å². The van der Waals surface area contributed by atoms with Gasteiger partial charge in [0.05, 0.1) is 5.56 Å². The van der Waals surface area contributed by atoms with Gasteiger partial charge in [0.25, 0.3) is 0 Å². The van der Waals surface area contributed by atoms with Gasteiger partial charge in [-0.1, -0.05) is 19.1 Å². The first-order valence-electron chi connectivity index (χ1n) is 6.82. The third kappa shape index (κ3) is 3.59. The van der Waals surface area contributed by atoms with E-state index in [0.717, 1.165) is 6.42 Å². The van der Waals surface area contributed by atoms with Crippen molar-refractivity contribution in [2.24, 2.45) is 0 Å². The monoisotopic (exact) mass is 284 g/mol. The van der Waals surface area contributed by atoms with Crippen molar-refractivity contribution < 1.29 is 9.13 Å². The van der Waals surface area contributed by atoms with Crippen LogP contribution in [0.15, 0.2) is 42.5 Å². The maximum absolute atomic E-state index is 13.5. The topological polar surface area (TPSA) is 45.0 Å². The molecule has 4 heteroatoms. The molecule has 0 saturated heterocycles. The molecular formula is C17H17FN2O. The predicted octanol–water partition coefficient (Wildman–Crippen LogP) is 4.16. The number of nitriles is 1. The number of rotatable bonds is 5. The minimum atomic E-state index is -0.576. The van der Waals surface area contributed by atoms with Crippen LogP contribution in [-0.2, 0) is 0 Å². The quantitative estimate of drug-likeness (QED) is 0.896. The van der Waals surface area contributed by atoms with E-state index in [2.05, 4.69) is 12.2 Å². The summed E-state index contributed by atoms with van der Waals surface area (Å²) in [5.74, 6) is 0.432. The molecule has 0 spiro atoms. The van der Waals surface area contributed by atoms with E-state index in [-0.39, 0.29) is 5.56 Å². The number of ether oxygens (including phenoxy) is 1. The van der Waals surface area contributed by atoms with Crippen LogP contribution in [-0.4, -0.2) is 7.05 Å². The number of benzene rings is 2. The lowest BCUT2D eigenvalue weighted by atomic mass is 10.0. The maximum atomic E-state index is 13.5. The summed E-state index contributed by atoms with van der Waals surface area (Å²) in [6.45, 7) is 2.12. The molecular weight excluding hydrogens is 267 g/mol. The molecule has 0 aliphatic heterocycles. The number of halogens is 1. The van der Waals surface area contributed by atoms with E-state index in [1.165, 1.54) is 17.7 Å². The molecule has 0 saturated carbocycles. The van der Waals surface area contributed by atoms with E-state index in [0.29, 0.717) is 17.5 Å². The summed E-state index contributed by atoms with van der Waals surface area (Å²) in [6, 6.07) is 14.0. The highest BCUT2D eigenvalue weighted by Crippen LogP contribution is 2.25. The summed E-state index contributed by atoms with van der Waals surface area (Å²) in [6.07, 6.45) is 0.998. The van der Waals surface area contributed by atoms with Crippen molar-refractivity contribution in [3.05, 3.63) is 59.4 Å². The van der Waals surface area contributed by atoms with Crippen molar-refractivity contribution in [2.75, 3.05) is 7.05 Å². The predicted molar refractivity (Wildman–Crippen MR) is 79.7 cm³/mol. The summed E-state index contributed by atoms with van der Waals surface area (Å²) in [5, 5.41) is 11.9. The van der Waals surface area contributed by atoms with E-state index in [1.54, 1.807) is 12.1 Å². The molecule has 0 aromatic heterocycles. The third-order valence-corrected chi connectivity index (χ3v) is 3.34. The number of hydrogen-bond donors (Lipinski definition) is 1. The van der Waals surface area contributed by atoms with E-state index in [1.807, 2.05) is 31.3 Å². The third-order valence-electron chi connectivity index (χ3n) is 3.34. The average molecular weight is 284 g/mol. The van der Waals surface area contributed by atoms with E-state index < -0.39 is 5.82 Å². The highest BCUT2D eigenvalue weighted by atomic mass is 19.1. The molecule has 1 unspecified atom stereocenters. The second-order valence-corrected chi connectivity index (χ2v) is 4.67. The molecule has 0 bridgehead atoms. The fourth-order valence-corrected chi connectivity index (χ4v) is 2.16. The Bertz CT molecular complexity index is 643. The van der Waals surface area contributed by atoms with Crippen molar-refractivity contribution in [1.29, 1.82) is 5.26 Å². The molecule has 21 heavy (non-hydrogen) atoms. The largest absolute Gasteiger partial charge is 0.457 e. The number of nitrogens with zero attached hydrogens (tertiary/aromatic N) is 1. The Morgan fingerprint density at radius 3 is 2.38 bits per heavy atom. The summed E-state index contributed by atoms with van der Waals surface area (Å²) in [5.41, 5.74) is 1.19. The van der Waals surface area contributed by atoms with Crippen molar-refractivity contribution >= 4 is 0 Å². The molecule has 0 heterocycles. The van der Waals surface area contributed by atoms with E-state index >= 15 is 0 Å². The van der Waals surface area contributed by atoms with Gasteiger partial charge in [0.2, 0.25) is 0 Å². The van der Waals surface area contributed by atoms with Crippen LogP contribution in [0.1, 0.15) is 30.5 Å². The Morgan fingerprint density at radius 1 is 1.19 bits per heavy atom. The lowest BCUT2D eigenvalue weighted by Gasteiger charge is -2.14. The Kier molecular flexibility index (Phi) is 4.91. The van der Waals surface area contributed by atoms with Gasteiger partial charge in [0.15, 0.2) is 0 Å². The van der Waals surface area contributed by atoms with Gasteiger partial charge in [0, 0.05) is 12.1 Å². The molecule has 2 aromatic rings. The van der Waals surface area contributed by atoms with Crippen LogP contribution >= 0.6 is 0 Å². The fraction of sp³-hybridized carbons (Fsp3) is 0.235. The van der Waals surface area contributed by atoms with Crippen LogP contribution in [0.2, 0.25) is 0 Å². The average Bonchev–Trinajstić information content (AvgIpc) is 2.50. The van der Waals surface area contributed by atoms with E-state index in [4.69, 9.17) is 10.00 Å². The smallest absolute Gasteiger partial charge is 0.144 e. The zero-order chi connectivity index (χ0) is 15.2. The van der Waals surface area contributed by atoms with Gasteiger partial charge in [-0.15, -0.1) is 0 Å². The van der Waals surface area contributed by atoms with Crippen LogP contribution in [0, 0.1) is 17.1 Å². The van der Waals surface area contributed by atoms with Gasteiger partial charge in [-0.3, -0.25) is 0 Å². The molecule has 0 aliphatic rings. The molecule has 3 nitrogen and oxygen atoms in total. The Morgan fingerprint density at radius 2 is 1.86 bits per heavy atom. The normalized spacial score (nSPS) is 11.7. The van der Waals surface area contributed by atoms with Gasteiger partial charge in [-0.2, -0.15) is 5.26 Å². The van der Waals surface area contributed by atoms with Crippen molar-refractivity contribution in [1.82, 2.24) is 5.32 Å². The highest BCUT2D eigenvalue weighted by Gasteiger charge is 2.07. The van der Waals surface area contributed by atoms with Crippen LogP contribution < -0.4 is 10.1 Å². The molecule has 0 amide bonds. The summed E-state index contributed by atoms with van der Waals surface area (Å²) < 4.78 is 19.1. The second kappa shape index (κ2) is 6.87. The first kappa shape index (κ1) is 15.0. The van der Waals surface area contributed by atoms with Crippen molar-refractivity contribution in [3.63, 3.8) is 0 Å². The molecule has 2 rings (SSSR count). The SMILES string of the molecule is CCC(NC)c1ccc(Oc2ccc(C#N)c(F)c2)cc1. The zero-order valence-corrected chi connectivity index (χ0v) is 12.1. The first-order valence-corrected chi connectivity index (χ1v) is 6.82. The first-order chi connectivity index (χ1) is 10.2. The summed E-state index contributed by atoms with van der Waals surface area (Å²) in [7, 11) is 1.93. The van der Waals surface area contributed by atoms with Gasteiger partial charge < -0.3 is 10.1 Å². The number of hydrogen-bond acceptors (Lipinski definition) is 3. The van der Waals surface area contributed by atoms with Gasteiger partial charge in [0.1, 0.15) is 23.4 Å². The van der Waals surface area contributed by atoms with Crippen molar-refractivity contribution in [3.8, 4) is 17.6 Å². The standard InChI is InChI=1S/C17H17FN2O/c1-3-17(20-2)12-4-7-14(8-5-12)21-15-9-6-13(11-19)16(18)10-15/h4-10,17,20H,3H2,1-2H3. The Balaban J connectivity index is 2.13. The minimum absolute atomic E-state index is 0.0116. The second-order valence-electron chi connectivity index (χ2n) is 4.67. The zero-order valence-electron chi connectivity index (χ0n) is 12.1. The maximum Gasteiger partial charge on any atom is 0.144 e. The summed E-state index contributed by atoms with van der Waals surface area (Å²) in [4.78, 5) is 0. The van der Waals surface area contributed by atoms with Crippen molar-refractivity contribution in [2.45, 2.75) is 19.4 Å². The lowest BCUT2D eigenvalue weighted by Crippen LogP contribution is -2.14. The summed E-state index contributed by atoms with van der Waals surface area (Å²) >= 11 is 0. The molecule has 2 aromatic carbocycles.